The van der Waals surface area contributed by atoms with Gasteiger partial charge in [-0.15, -0.1) is 0 Å². The molecule has 0 N–H and O–H groups in total. The zero-order chi connectivity index (χ0) is 29.2. The van der Waals surface area contributed by atoms with Crippen LogP contribution in [0.5, 0.6) is 5.75 Å². The molecule has 0 aliphatic carbocycles. The van der Waals surface area contributed by atoms with E-state index in [1.165, 1.54) is 37.7 Å². The van der Waals surface area contributed by atoms with Gasteiger partial charge in [-0.3, -0.25) is 29.2 Å². The fraction of sp³-hybridized carbons (Fsp3) is 0.370. The molecule has 13 nitrogen and oxygen atoms in total. The summed E-state index contributed by atoms with van der Waals surface area (Å²) in [4.78, 5) is 67.7. The second kappa shape index (κ2) is 13.9. The van der Waals surface area contributed by atoms with Crippen LogP contribution in [-0.4, -0.2) is 78.3 Å². The lowest BCUT2D eigenvalue weighted by Gasteiger charge is -2.42. The van der Waals surface area contributed by atoms with E-state index >= 15 is 0 Å². The third-order valence-corrected chi connectivity index (χ3v) is 5.34. The van der Waals surface area contributed by atoms with Gasteiger partial charge in [0.2, 0.25) is 6.29 Å². The maximum atomic E-state index is 12.2. The molecule has 2 aromatic rings. The summed E-state index contributed by atoms with van der Waals surface area (Å²) in [6, 6.07) is 8.30. The molecule has 1 saturated heterocycles. The van der Waals surface area contributed by atoms with Crippen molar-refractivity contribution in [1.82, 2.24) is 4.98 Å². The van der Waals surface area contributed by atoms with Gasteiger partial charge in [0.15, 0.2) is 18.2 Å². The molecular formula is C27H28N2O11. The number of aromatic nitrogens is 1. The Morgan fingerprint density at radius 3 is 2.10 bits per heavy atom. The monoisotopic (exact) mass is 556 g/mol. The number of carbonyl (C=O) groups is 5. The third kappa shape index (κ3) is 8.70. The average Bonchev–Trinajstić information content (AvgIpc) is 2.89. The molecule has 3 rings (SSSR count). The second-order valence-corrected chi connectivity index (χ2v) is 8.57. The van der Waals surface area contributed by atoms with Crippen LogP contribution in [0.1, 0.15) is 43.6 Å². The molecule has 0 amide bonds. The Morgan fingerprint density at radius 1 is 0.875 bits per heavy atom. The number of ether oxygens (including phenoxy) is 6. The smallest absolute Gasteiger partial charge is 0.345 e. The Kier molecular flexibility index (Phi) is 10.4. The maximum absolute atomic E-state index is 12.2. The van der Waals surface area contributed by atoms with Gasteiger partial charge in [-0.2, -0.15) is 0 Å². The Morgan fingerprint density at radius 2 is 1.52 bits per heavy atom. The number of aliphatic imine (C=N–C) groups is 1. The number of hydrogen-bond acceptors (Lipinski definition) is 13. The van der Waals surface area contributed by atoms with Crippen molar-refractivity contribution >= 4 is 36.1 Å². The van der Waals surface area contributed by atoms with Crippen LogP contribution < -0.4 is 4.74 Å². The number of carbonyl (C=O) groups excluding carboxylic acids is 5. The van der Waals surface area contributed by atoms with Crippen molar-refractivity contribution in [3.05, 3.63) is 59.9 Å². The highest BCUT2D eigenvalue weighted by molar-refractivity contribution is 5.90. The lowest BCUT2D eigenvalue weighted by Crippen LogP contribution is -2.61. The third-order valence-electron chi connectivity index (χ3n) is 5.34. The van der Waals surface area contributed by atoms with Gasteiger partial charge in [0.05, 0.1) is 5.56 Å². The molecule has 1 fully saturated rings. The molecule has 0 radical (unpaired) electrons. The van der Waals surface area contributed by atoms with E-state index in [0.29, 0.717) is 5.56 Å². The topological polar surface area (TPSA) is 166 Å². The highest BCUT2D eigenvalue weighted by Gasteiger charge is 2.51. The van der Waals surface area contributed by atoms with E-state index in [-0.39, 0.29) is 17.9 Å². The first-order valence-electron chi connectivity index (χ1n) is 12.1. The molecule has 0 saturated carbocycles. The number of esters is 5. The number of rotatable bonds is 9. The fourth-order valence-corrected chi connectivity index (χ4v) is 3.75. The van der Waals surface area contributed by atoms with Gasteiger partial charge >= 0.3 is 29.8 Å². The van der Waals surface area contributed by atoms with Gasteiger partial charge in [0.1, 0.15) is 18.5 Å². The lowest BCUT2D eigenvalue weighted by molar-refractivity contribution is -0.266. The maximum Gasteiger partial charge on any atom is 0.345 e. The fourth-order valence-electron chi connectivity index (χ4n) is 3.75. The molecule has 1 aromatic heterocycles. The highest BCUT2D eigenvalue weighted by Crippen LogP contribution is 2.30. The quantitative estimate of drug-likeness (QED) is 0.190. The number of hydrogen-bond donors (Lipinski definition) is 0. The Balaban J connectivity index is 1.87. The summed E-state index contributed by atoms with van der Waals surface area (Å²) >= 11 is 0. The minimum Gasteiger partial charge on any atom is -0.463 e. The van der Waals surface area contributed by atoms with E-state index < -0.39 is 60.5 Å². The summed E-state index contributed by atoms with van der Waals surface area (Å²) in [7, 11) is 0. The molecule has 1 aliphatic heterocycles. The lowest BCUT2D eigenvalue weighted by atomic mass is 9.96. The largest absolute Gasteiger partial charge is 0.463 e. The summed E-state index contributed by atoms with van der Waals surface area (Å²) in [5, 5.41) is 0. The van der Waals surface area contributed by atoms with Crippen LogP contribution in [0.25, 0.3) is 0 Å². The van der Waals surface area contributed by atoms with Crippen LogP contribution in [0.3, 0.4) is 0 Å². The number of pyridine rings is 1. The molecule has 13 heteroatoms. The Bertz CT molecular complexity index is 1250. The molecule has 0 spiro atoms. The molecule has 1 aromatic carbocycles. The first kappa shape index (κ1) is 29.9. The van der Waals surface area contributed by atoms with Crippen molar-refractivity contribution in [3.8, 4) is 5.75 Å². The second-order valence-electron chi connectivity index (χ2n) is 8.57. The molecule has 212 valence electrons. The van der Waals surface area contributed by atoms with E-state index in [4.69, 9.17) is 28.4 Å². The zero-order valence-corrected chi connectivity index (χ0v) is 22.2. The standard InChI is InChI=1S/C27H28N2O11/c1-15(30)35-14-22-24(36-16(2)31)25(37-17(3)32)23(27(40-22)38-18(4)33)29-12-19-7-9-21(10-8-19)39-26(34)20-6-5-11-28-13-20/h5-13,22-25,27H,14H2,1-4H3/t22-,23+,24+,25-,27-/m0/s1. The molecule has 0 unspecified atom stereocenters. The zero-order valence-electron chi connectivity index (χ0n) is 22.2. The van der Waals surface area contributed by atoms with Crippen LogP contribution in [-0.2, 0) is 42.9 Å². The number of nitrogens with zero attached hydrogens (tertiary/aromatic N) is 2. The van der Waals surface area contributed by atoms with Crippen molar-refractivity contribution in [2.75, 3.05) is 6.61 Å². The van der Waals surface area contributed by atoms with Crippen molar-refractivity contribution in [1.29, 1.82) is 0 Å². The molecule has 1 aliphatic rings. The molecule has 5 atom stereocenters. The Hall–Kier alpha value is -4.65. The van der Waals surface area contributed by atoms with Gasteiger partial charge in [0.25, 0.3) is 0 Å². The molecule has 2 heterocycles. The van der Waals surface area contributed by atoms with Crippen molar-refractivity contribution in [2.45, 2.75) is 58.3 Å². The van der Waals surface area contributed by atoms with Gasteiger partial charge in [0, 0.05) is 46.3 Å². The van der Waals surface area contributed by atoms with Crippen LogP contribution in [0.4, 0.5) is 0 Å². The summed E-state index contributed by atoms with van der Waals surface area (Å²) in [5.41, 5.74) is 0.822. The first-order valence-corrected chi connectivity index (χ1v) is 12.1. The van der Waals surface area contributed by atoms with Gasteiger partial charge in [-0.1, -0.05) is 0 Å². The van der Waals surface area contributed by atoms with E-state index in [9.17, 15) is 24.0 Å². The van der Waals surface area contributed by atoms with Crippen LogP contribution in [0.15, 0.2) is 53.8 Å². The predicted molar refractivity (Wildman–Crippen MR) is 135 cm³/mol. The molecule has 0 bridgehead atoms. The van der Waals surface area contributed by atoms with Crippen LogP contribution in [0.2, 0.25) is 0 Å². The van der Waals surface area contributed by atoms with Crippen molar-refractivity contribution in [2.24, 2.45) is 4.99 Å². The van der Waals surface area contributed by atoms with E-state index in [1.807, 2.05) is 0 Å². The minimum absolute atomic E-state index is 0.269. The predicted octanol–water partition coefficient (Wildman–Crippen LogP) is 1.80. The van der Waals surface area contributed by atoms with Crippen LogP contribution >= 0.6 is 0 Å². The molecule has 40 heavy (non-hydrogen) atoms. The van der Waals surface area contributed by atoms with Crippen molar-refractivity contribution < 1.29 is 52.4 Å². The SMILES string of the molecule is CC(=O)OC[C@@H]1O[C@H](OC(C)=O)[C@H](N=Cc2ccc(OC(=O)c3cccnc3)cc2)[C@H](OC(C)=O)[C@@H]1OC(C)=O. The highest BCUT2D eigenvalue weighted by atomic mass is 16.7. The summed E-state index contributed by atoms with van der Waals surface area (Å²) in [6.07, 6.45) is -0.721. The number of benzene rings is 1. The van der Waals surface area contributed by atoms with E-state index in [1.54, 1.807) is 24.3 Å². The van der Waals surface area contributed by atoms with Crippen LogP contribution in [0, 0.1) is 0 Å². The van der Waals surface area contributed by atoms with Gasteiger partial charge < -0.3 is 28.4 Å². The van der Waals surface area contributed by atoms with Gasteiger partial charge in [-0.25, -0.2) is 4.79 Å². The molecular weight excluding hydrogens is 528 g/mol. The van der Waals surface area contributed by atoms with Gasteiger partial charge in [-0.05, 0) is 42.0 Å². The minimum atomic E-state index is -1.38. The summed E-state index contributed by atoms with van der Waals surface area (Å²) in [5.74, 6) is -3.11. The summed E-state index contributed by atoms with van der Waals surface area (Å²) in [6.45, 7) is 4.24. The summed E-state index contributed by atoms with van der Waals surface area (Å²) < 4.78 is 32.3. The Labute approximate surface area is 229 Å². The van der Waals surface area contributed by atoms with E-state index in [0.717, 1.165) is 20.8 Å². The normalized spacial score (nSPS) is 22.1. The first-order chi connectivity index (χ1) is 19.0. The van der Waals surface area contributed by atoms with Crippen molar-refractivity contribution in [3.63, 3.8) is 0 Å². The average molecular weight is 557 g/mol. The van der Waals surface area contributed by atoms with E-state index in [2.05, 4.69) is 9.98 Å².